The second-order valence-electron chi connectivity index (χ2n) is 5.39. The lowest BCUT2D eigenvalue weighted by Crippen LogP contribution is -2.33. The third kappa shape index (κ3) is 4.22. The largest absolute Gasteiger partial charge is 0.478 e. The van der Waals surface area contributed by atoms with E-state index >= 15 is 0 Å². The van der Waals surface area contributed by atoms with Gasteiger partial charge in [-0.05, 0) is 56.2 Å². The minimum Gasteiger partial charge on any atom is -0.478 e. The second kappa shape index (κ2) is 6.93. The number of aromatic carboxylic acids is 1. The number of carbonyl (C=O) groups excluding carboxylic acids is 1. The molecule has 0 spiro atoms. The molecule has 1 unspecified atom stereocenters. The molecule has 2 aromatic rings. The van der Waals surface area contributed by atoms with Crippen LogP contribution in [-0.4, -0.2) is 23.0 Å². The van der Waals surface area contributed by atoms with Gasteiger partial charge in [-0.3, -0.25) is 4.79 Å². The number of benzene rings is 1. The zero-order chi connectivity index (χ0) is 16.1. The fraction of sp³-hybridized carbons (Fsp3) is 0.294. The van der Waals surface area contributed by atoms with Gasteiger partial charge in [-0.25, -0.2) is 4.79 Å². The zero-order valence-corrected chi connectivity index (χ0v) is 12.6. The topological polar surface area (TPSA) is 79.5 Å². The summed E-state index contributed by atoms with van der Waals surface area (Å²) in [6.07, 6.45) is 3.11. The first-order chi connectivity index (χ1) is 10.5. The van der Waals surface area contributed by atoms with Crippen molar-refractivity contribution in [2.45, 2.75) is 32.7 Å². The summed E-state index contributed by atoms with van der Waals surface area (Å²) in [7, 11) is 0. The Kier molecular flexibility index (Phi) is 4.99. The molecule has 0 aliphatic rings. The van der Waals surface area contributed by atoms with E-state index in [1.54, 1.807) is 25.3 Å². The molecule has 1 heterocycles. The molecule has 22 heavy (non-hydrogen) atoms. The minimum atomic E-state index is -1.04. The van der Waals surface area contributed by atoms with Gasteiger partial charge < -0.3 is 14.8 Å². The van der Waals surface area contributed by atoms with E-state index < -0.39 is 5.97 Å². The Hall–Kier alpha value is -2.56. The summed E-state index contributed by atoms with van der Waals surface area (Å²) >= 11 is 0. The first-order valence-electron chi connectivity index (χ1n) is 7.14. The summed E-state index contributed by atoms with van der Waals surface area (Å²) < 4.78 is 5.25. The lowest BCUT2D eigenvalue weighted by Gasteiger charge is -2.14. The number of furan rings is 1. The molecular weight excluding hydrogens is 282 g/mol. The van der Waals surface area contributed by atoms with Crippen LogP contribution >= 0.6 is 0 Å². The van der Waals surface area contributed by atoms with Crippen molar-refractivity contribution in [2.75, 3.05) is 0 Å². The Bertz CT molecular complexity index is 661. The molecule has 1 amide bonds. The molecule has 5 heteroatoms. The van der Waals surface area contributed by atoms with Crippen molar-refractivity contribution in [3.63, 3.8) is 0 Å². The number of carbonyl (C=O) groups is 2. The van der Waals surface area contributed by atoms with Crippen LogP contribution in [0.2, 0.25) is 0 Å². The van der Waals surface area contributed by atoms with Gasteiger partial charge in [0.05, 0.1) is 11.8 Å². The highest BCUT2D eigenvalue weighted by Crippen LogP contribution is 2.11. The molecule has 1 aromatic heterocycles. The maximum absolute atomic E-state index is 12.2. The molecule has 0 radical (unpaired) electrons. The fourth-order valence-electron chi connectivity index (χ4n) is 2.23. The van der Waals surface area contributed by atoms with Gasteiger partial charge in [0.25, 0.3) is 5.91 Å². The van der Waals surface area contributed by atoms with Crippen LogP contribution in [0.15, 0.2) is 41.0 Å². The standard InChI is InChI=1S/C17H19NO4/c1-11-8-13(10-14(9-11)17(20)21)16(19)18-12(2)5-6-15-4-3-7-22-15/h3-4,7-10,12H,5-6H2,1-2H3,(H,18,19)(H,20,21). The Labute approximate surface area is 129 Å². The van der Waals surface area contributed by atoms with Crippen molar-refractivity contribution in [2.24, 2.45) is 0 Å². The second-order valence-corrected chi connectivity index (χ2v) is 5.39. The molecule has 2 N–H and O–H groups in total. The lowest BCUT2D eigenvalue weighted by molar-refractivity contribution is 0.0696. The van der Waals surface area contributed by atoms with Crippen molar-refractivity contribution in [3.8, 4) is 0 Å². The smallest absolute Gasteiger partial charge is 0.335 e. The van der Waals surface area contributed by atoms with Crippen molar-refractivity contribution in [3.05, 3.63) is 59.0 Å². The van der Waals surface area contributed by atoms with Crippen molar-refractivity contribution < 1.29 is 19.1 Å². The third-order valence-electron chi connectivity index (χ3n) is 3.37. The average molecular weight is 301 g/mol. The van der Waals surface area contributed by atoms with E-state index in [0.717, 1.165) is 24.2 Å². The molecule has 5 nitrogen and oxygen atoms in total. The Morgan fingerprint density at radius 1 is 1.27 bits per heavy atom. The van der Waals surface area contributed by atoms with Crippen LogP contribution in [0.1, 0.15) is 45.4 Å². The molecule has 0 aliphatic heterocycles. The summed E-state index contributed by atoms with van der Waals surface area (Å²) in [6.45, 7) is 3.68. The zero-order valence-electron chi connectivity index (χ0n) is 12.6. The van der Waals surface area contributed by atoms with Crippen molar-refractivity contribution in [1.82, 2.24) is 5.32 Å². The van der Waals surface area contributed by atoms with Crippen LogP contribution in [0.4, 0.5) is 0 Å². The van der Waals surface area contributed by atoms with E-state index in [2.05, 4.69) is 5.32 Å². The fourth-order valence-corrected chi connectivity index (χ4v) is 2.23. The van der Waals surface area contributed by atoms with E-state index in [-0.39, 0.29) is 17.5 Å². The minimum absolute atomic E-state index is 0.0357. The maximum atomic E-state index is 12.2. The highest BCUT2D eigenvalue weighted by Gasteiger charge is 2.13. The van der Waals surface area contributed by atoms with Crippen molar-refractivity contribution >= 4 is 11.9 Å². The molecule has 0 fully saturated rings. The van der Waals surface area contributed by atoms with Gasteiger partial charge in [-0.15, -0.1) is 0 Å². The molecular formula is C17H19NO4. The summed E-state index contributed by atoms with van der Waals surface area (Å²) in [4.78, 5) is 23.3. The number of nitrogens with one attached hydrogen (secondary N) is 1. The number of carboxylic acids is 1. The van der Waals surface area contributed by atoms with Crippen LogP contribution in [0.3, 0.4) is 0 Å². The maximum Gasteiger partial charge on any atom is 0.335 e. The van der Waals surface area contributed by atoms with Crippen LogP contribution in [0, 0.1) is 6.92 Å². The van der Waals surface area contributed by atoms with Gasteiger partial charge in [-0.2, -0.15) is 0 Å². The third-order valence-corrected chi connectivity index (χ3v) is 3.37. The summed E-state index contributed by atoms with van der Waals surface area (Å²) in [5.74, 6) is -0.424. The van der Waals surface area contributed by atoms with Gasteiger partial charge in [0.2, 0.25) is 0 Å². The quantitative estimate of drug-likeness (QED) is 0.859. The number of amides is 1. The average Bonchev–Trinajstić information content (AvgIpc) is 2.97. The summed E-state index contributed by atoms with van der Waals surface area (Å²) in [5, 5.41) is 11.9. The lowest BCUT2D eigenvalue weighted by atomic mass is 10.1. The van der Waals surface area contributed by atoms with Gasteiger partial charge in [0.1, 0.15) is 5.76 Å². The van der Waals surface area contributed by atoms with Crippen LogP contribution in [0.5, 0.6) is 0 Å². The normalized spacial score (nSPS) is 11.9. The predicted octanol–water partition coefficient (Wildman–Crippen LogP) is 3.04. The predicted molar refractivity (Wildman–Crippen MR) is 82.1 cm³/mol. The Balaban J connectivity index is 1.97. The molecule has 116 valence electrons. The SMILES string of the molecule is Cc1cc(C(=O)O)cc(C(=O)NC(C)CCc2ccco2)c1. The van der Waals surface area contributed by atoms with E-state index in [4.69, 9.17) is 9.52 Å². The number of hydrogen-bond donors (Lipinski definition) is 2. The van der Waals surface area contributed by atoms with Gasteiger partial charge in [-0.1, -0.05) is 0 Å². The molecule has 0 aliphatic carbocycles. The molecule has 2 rings (SSSR count). The molecule has 1 aromatic carbocycles. The van der Waals surface area contributed by atoms with Crippen LogP contribution in [-0.2, 0) is 6.42 Å². The number of aryl methyl sites for hydroxylation is 2. The molecule has 1 atom stereocenters. The Morgan fingerprint density at radius 3 is 2.64 bits per heavy atom. The number of carboxylic acid groups (broad SMARTS) is 1. The first kappa shape index (κ1) is 15.8. The summed E-state index contributed by atoms with van der Waals surface area (Å²) in [5.41, 5.74) is 1.23. The van der Waals surface area contributed by atoms with E-state index in [1.165, 1.54) is 6.07 Å². The van der Waals surface area contributed by atoms with Gasteiger partial charge >= 0.3 is 5.97 Å². The summed E-state index contributed by atoms with van der Waals surface area (Å²) in [6, 6.07) is 8.31. The number of hydrogen-bond acceptors (Lipinski definition) is 3. The van der Waals surface area contributed by atoms with Crippen molar-refractivity contribution in [1.29, 1.82) is 0 Å². The van der Waals surface area contributed by atoms with E-state index in [1.807, 2.05) is 19.1 Å². The first-order valence-corrected chi connectivity index (χ1v) is 7.14. The van der Waals surface area contributed by atoms with Crippen LogP contribution in [0.25, 0.3) is 0 Å². The molecule has 0 saturated carbocycles. The molecule has 0 bridgehead atoms. The van der Waals surface area contributed by atoms with E-state index in [0.29, 0.717) is 5.56 Å². The van der Waals surface area contributed by atoms with Crippen LogP contribution < -0.4 is 5.32 Å². The van der Waals surface area contributed by atoms with Gasteiger partial charge in [0.15, 0.2) is 0 Å². The number of rotatable bonds is 6. The molecule has 0 saturated heterocycles. The highest BCUT2D eigenvalue weighted by atomic mass is 16.4. The monoisotopic (exact) mass is 301 g/mol. The Morgan fingerprint density at radius 2 is 2.00 bits per heavy atom. The van der Waals surface area contributed by atoms with Gasteiger partial charge in [0, 0.05) is 18.0 Å². The highest BCUT2D eigenvalue weighted by molar-refractivity contribution is 5.97. The van der Waals surface area contributed by atoms with E-state index in [9.17, 15) is 9.59 Å².